The first-order valence-electron chi connectivity index (χ1n) is 5.66. The molecule has 0 aromatic rings. The highest BCUT2D eigenvalue weighted by Crippen LogP contribution is 2.34. The SMILES string of the molecule is C[C@@H]1CCC(Cl)C[C@H]1C(=O)OC(C)(C)C. The number of rotatable bonds is 1. The highest BCUT2D eigenvalue weighted by Gasteiger charge is 2.34. The molecule has 15 heavy (non-hydrogen) atoms. The van der Waals surface area contributed by atoms with Gasteiger partial charge in [-0.15, -0.1) is 11.6 Å². The highest BCUT2D eigenvalue weighted by molar-refractivity contribution is 6.20. The average molecular weight is 233 g/mol. The van der Waals surface area contributed by atoms with Gasteiger partial charge in [0.1, 0.15) is 5.60 Å². The van der Waals surface area contributed by atoms with Gasteiger partial charge in [0, 0.05) is 5.38 Å². The summed E-state index contributed by atoms with van der Waals surface area (Å²) >= 11 is 6.08. The van der Waals surface area contributed by atoms with Crippen LogP contribution in [0.5, 0.6) is 0 Å². The second-order valence-electron chi connectivity index (χ2n) is 5.53. The minimum absolute atomic E-state index is 0.0134. The van der Waals surface area contributed by atoms with Crippen molar-refractivity contribution < 1.29 is 9.53 Å². The smallest absolute Gasteiger partial charge is 0.309 e. The second kappa shape index (κ2) is 4.73. The van der Waals surface area contributed by atoms with Crippen LogP contribution in [0.2, 0.25) is 0 Å². The molecule has 3 heteroatoms. The lowest BCUT2D eigenvalue weighted by Crippen LogP contribution is -2.35. The predicted molar refractivity (Wildman–Crippen MR) is 62.0 cm³/mol. The van der Waals surface area contributed by atoms with Crippen molar-refractivity contribution >= 4 is 17.6 Å². The van der Waals surface area contributed by atoms with Crippen LogP contribution in [0.15, 0.2) is 0 Å². The summed E-state index contributed by atoms with van der Waals surface area (Å²) in [6, 6.07) is 0. The molecule has 0 N–H and O–H groups in total. The Morgan fingerprint density at radius 2 is 1.93 bits per heavy atom. The Hall–Kier alpha value is -0.240. The summed E-state index contributed by atoms with van der Waals surface area (Å²) in [7, 11) is 0. The molecule has 2 nitrogen and oxygen atoms in total. The third-order valence-electron chi connectivity index (χ3n) is 2.84. The van der Waals surface area contributed by atoms with Gasteiger partial charge in [0.25, 0.3) is 0 Å². The largest absolute Gasteiger partial charge is 0.460 e. The number of carbonyl (C=O) groups excluding carboxylic acids is 1. The monoisotopic (exact) mass is 232 g/mol. The molecule has 1 aliphatic carbocycles. The van der Waals surface area contributed by atoms with Crippen molar-refractivity contribution in [3.8, 4) is 0 Å². The summed E-state index contributed by atoms with van der Waals surface area (Å²) in [5, 5.41) is 0.138. The van der Waals surface area contributed by atoms with E-state index in [0.717, 1.165) is 19.3 Å². The van der Waals surface area contributed by atoms with E-state index >= 15 is 0 Å². The molecule has 1 saturated carbocycles. The van der Waals surface area contributed by atoms with E-state index in [4.69, 9.17) is 16.3 Å². The molecular weight excluding hydrogens is 212 g/mol. The number of hydrogen-bond acceptors (Lipinski definition) is 2. The Balaban J connectivity index is 2.57. The fourth-order valence-corrected chi connectivity index (χ4v) is 2.29. The molecule has 0 aromatic heterocycles. The number of esters is 1. The molecule has 0 saturated heterocycles. The van der Waals surface area contributed by atoms with Gasteiger partial charge in [-0.1, -0.05) is 6.92 Å². The third kappa shape index (κ3) is 4.02. The first-order chi connectivity index (χ1) is 6.79. The van der Waals surface area contributed by atoms with Gasteiger partial charge in [0.15, 0.2) is 0 Å². The van der Waals surface area contributed by atoms with E-state index in [-0.39, 0.29) is 17.3 Å². The normalized spacial score (nSPS) is 32.5. The van der Waals surface area contributed by atoms with E-state index in [1.54, 1.807) is 0 Å². The van der Waals surface area contributed by atoms with Crippen molar-refractivity contribution in [1.29, 1.82) is 0 Å². The summed E-state index contributed by atoms with van der Waals surface area (Å²) in [6.45, 7) is 7.81. The van der Waals surface area contributed by atoms with Crippen molar-refractivity contribution in [3.63, 3.8) is 0 Å². The lowest BCUT2D eigenvalue weighted by Gasteiger charge is -2.32. The van der Waals surface area contributed by atoms with Crippen molar-refractivity contribution in [1.82, 2.24) is 0 Å². The molecule has 0 amide bonds. The molecule has 1 fully saturated rings. The van der Waals surface area contributed by atoms with Crippen LogP contribution in [0.4, 0.5) is 0 Å². The van der Waals surface area contributed by atoms with Crippen LogP contribution < -0.4 is 0 Å². The maximum absolute atomic E-state index is 11.9. The zero-order chi connectivity index (χ0) is 11.6. The molecule has 0 heterocycles. The summed E-state index contributed by atoms with van der Waals surface area (Å²) < 4.78 is 5.40. The van der Waals surface area contributed by atoms with Crippen LogP contribution in [0.1, 0.15) is 47.0 Å². The fourth-order valence-electron chi connectivity index (χ4n) is 1.98. The molecule has 3 atom stereocenters. The van der Waals surface area contributed by atoms with Crippen LogP contribution in [-0.2, 0) is 9.53 Å². The van der Waals surface area contributed by atoms with Gasteiger partial charge in [0.05, 0.1) is 5.92 Å². The summed E-state index contributed by atoms with van der Waals surface area (Å²) in [4.78, 5) is 11.9. The molecular formula is C12H21ClO2. The van der Waals surface area contributed by atoms with Crippen LogP contribution in [0.3, 0.4) is 0 Å². The summed E-state index contributed by atoms with van der Waals surface area (Å²) in [5.41, 5.74) is -0.393. The van der Waals surface area contributed by atoms with Crippen LogP contribution in [0, 0.1) is 11.8 Å². The number of halogens is 1. The molecule has 0 aromatic carbocycles. The van der Waals surface area contributed by atoms with Crippen LogP contribution in [0.25, 0.3) is 0 Å². The molecule has 0 bridgehead atoms. The fraction of sp³-hybridized carbons (Fsp3) is 0.917. The summed E-state index contributed by atoms with van der Waals surface area (Å²) in [6.07, 6.45) is 2.80. The van der Waals surface area contributed by atoms with Gasteiger partial charge in [-0.3, -0.25) is 4.79 Å². The summed E-state index contributed by atoms with van der Waals surface area (Å²) in [5.74, 6) is 0.302. The predicted octanol–water partition coefficient (Wildman–Crippen LogP) is 3.37. The van der Waals surface area contributed by atoms with Gasteiger partial charge >= 0.3 is 5.97 Å². The Morgan fingerprint density at radius 1 is 1.33 bits per heavy atom. The maximum Gasteiger partial charge on any atom is 0.309 e. The minimum atomic E-state index is -0.393. The lowest BCUT2D eigenvalue weighted by molar-refractivity contribution is -0.162. The maximum atomic E-state index is 11.9. The van der Waals surface area contributed by atoms with Gasteiger partial charge in [-0.05, 0) is 46.0 Å². The molecule has 0 radical (unpaired) electrons. The first kappa shape index (κ1) is 12.8. The molecule has 1 rings (SSSR count). The average Bonchev–Trinajstić information content (AvgIpc) is 2.06. The van der Waals surface area contributed by atoms with Gasteiger partial charge in [-0.25, -0.2) is 0 Å². The second-order valence-corrected chi connectivity index (χ2v) is 6.14. The van der Waals surface area contributed by atoms with E-state index in [9.17, 15) is 4.79 Å². The lowest BCUT2D eigenvalue weighted by atomic mass is 9.80. The van der Waals surface area contributed by atoms with Crippen molar-refractivity contribution in [3.05, 3.63) is 0 Å². The zero-order valence-electron chi connectivity index (χ0n) is 10.0. The van der Waals surface area contributed by atoms with E-state index in [1.165, 1.54) is 0 Å². The van der Waals surface area contributed by atoms with Crippen molar-refractivity contribution in [2.45, 2.75) is 57.9 Å². The molecule has 1 aliphatic rings. The number of carbonyl (C=O) groups is 1. The molecule has 1 unspecified atom stereocenters. The minimum Gasteiger partial charge on any atom is -0.460 e. The van der Waals surface area contributed by atoms with Crippen LogP contribution >= 0.6 is 11.6 Å². The number of hydrogen-bond donors (Lipinski definition) is 0. The Bertz CT molecular complexity index is 232. The van der Waals surface area contributed by atoms with Gasteiger partial charge < -0.3 is 4.74 Å². The number of alkyl halides is 1. The Labute approximate surface area is 97.3 Å². The van der Waals surface area contributed by atoms with Gasteiger partial charge in [0.2, 0.25) is 0 Å². The van der Waals surface area contributed by atoms with Gasteiger partial charge in [-0.2, -0.15) is 0 Å². The van der Waals surface area contributed by atoms with E-state index in [1.807, 2.05) is 20.8 Å². The standard InChI is InChI=1S/C12H21ClO2/c1-8-5-6-9(13)7-10(8)11(14)15-12(2,3)4/h8-10H,5-7H2,1-4H3/t8-,9?,10-/m1/s1. The highest BCUT2D eigenvalue weighted by atomic mass is 35.5. The Morgan fingerprint density at radius 3 is 2.47 bits per heavy atom. The van der Waals surface area contributed by atoms with E-state index < -0.39 is 5.60 Å². The Kier molecular flexibility index (Phi) is 4.05. The molecule has 88 valence electrons. The molecule has 0 aliphatic heterocycles. The number of ether oxygens (including phenoxy) is 1. The zero-order valence-corrected chi connectivity index (χ0v) is 10.8. The van der Waals surface area contributed by atoms with E-state index in [0.29, 0.717) is 5.92 Å². The topological polar surface area (TPSA) is 26.3 Å². The molecule has 0 spiro atoms. The van der Waals surface area contributed by atoms with Crippen molar-refractivity contribution in [2.24, 2.45) is 11.8 Å². The third-order valence-corrected chi connectivity index (χ3v) is 3.24. The first-order valence-corrected chi connectivity index (χ1v) is 6.10. The van der Waals surface area contributed by atoms with Crippen LogP contribution in [-0.4, -0.2) is 16.9 Å². The van der Waals surface area contributed by atoms with Crippen molar-refractivity contribution in [2.75, 3.05) is 0 Å². The van der Waals surface area contributed by atoms with E-state index in [2.05, 4.69) is 6.92 Å². The quantitative estimate of drug-likeness (QED) is 0.512.